The van der Waals surface area contributed by atoms with Crippen molar-refractivity contribution in [2.45, 2.75) is 13.0 Å². The molecule has 0 aliphatic heterocycles. The van der Waals surface area contributed by atoms with Crippen LogP contribution in [0.1, 0.15) is 29.3 Å². The van der Waals surface area contributed by atoms with Gasteiger partial charge in [0.2, 0.25) is 0 Å². The molecule has 1 amide bonds. The lowest BCUT2D eigenvalue weighted by Crippen LogP contribution is -2.28. The Morgan fingerprint density at radius 1 is 1.38 bits per heavy atom. The van der Waals surface area contributed by atoms with Crippen molar-refractivity contribution in [2.24, 2.45) is 0 Å². The fourth-order valence-electron chi connectivity index (χ4n) is 1.98. The van der Waals surface area contributed by atoms with Crippen LogP contribution in [0.2, 0.25) is 0 Å². The zero-order chi connectivity index (χ0) is 14.8. The Labute approximate surface area is 119 Å². The maximum Gasteiger partial charge on any atom is 0.287 e. The molecule has 2 aromatic heterocycles. The van der Waals surface area contributed by atoms with Crippen molar-refractivity contribution in [3.8, 4) is 0 Å². The quantitative estimate of drug-likeness (QED) is 0.757. The average Bonchev–Trinajstić information content (AvgIpc) is 3.01. The maximum absolute atomic E-state index is 12.1. The van der Waals surface area contributed by atoms with Crippen LogP contribution >= 0.6 is 0 Å². The molecule has 0 fully saturated rings. The van der Waals surface area contributed by atoms with Gasteiger partial charge in [-0.05, 0) is 19.1 Å². The average molecular weight is 284 g/mol. The first-order chi connectivity index (χ1) is 10.1. The van der Waals surface area contributed by atoms with Crippen LogP contribution in [-0.4, -0.2) is 21.1 Å². The second-order valence-electron chi connectivity index (χ2n) is 4.54. The highest BCUT2D eigenvalue weighted by molar-refractivity contribution is 5.93. The lowest BCUT2D eigenvalue weighted by molar-refractivity contribution is 0.0911. The van der Waals surface area contributed by atoms with Crippen LogP contribution in [0.5, 0.6) is 0 Å². The van der Waals surface area contributed by atoms with Crippen LogP contribution in [0.4, 0.5) is 0 Å². The standard InChI is InChI=1S/C14H12N4O3/c1-8(13-15-7-16-18-13)17-14(20)12-6-10(19)9-4-2-3-5-11(9)21-12/h2-8H,1H3,(H,17,20)(H,15,16,18). The molecule has 0 saturated heterocycles. The van der Waals surface area contributed by atoms with Crippen LogP contribution in [0.3, 0.4) is 0 Å². The topological polar surface area (TPSA) is 101 Å². The molecule has 21 heavy (non-hydrogen) atoms. The van der Waals surface area contributed by atoms with E-state index in [2.05, 4.69) is 20.5 Å². The normalized spacial score (nSPS) is 12.2. The Hall–Kier alpha value is -2.96. The third kappa shape index (κ3) is 2.53. The molecule has 2 heterocycles. The van der Waals surface area contributed by atoms with E-state index in [1.54, 1.807) is 31.2 Å². The molecule has 0 aliphatic carbocycles. The van der Waals surface area contributed by atoms with Crippen molar-refractivity contribution in [3.05, 3.63) is 58.5 Å². The number of hydrogen-bond acceptors (Lipinski definition) is 5. The third-order valence-corrected chi connectivity index (χ3v) is 3.05. The summed E-state index contributed by atoms with van der Waals surface area (Å²) in [5.41, 5.74) is 0.122. The molecule has 3 rings (SSSR count). The molecular formula is C14H12N4O3. The summed E-state index contributed by atoms with van der Waals surface area (Å²) in [6.07, 6.45) is 1.36. The molecule has 7 nitrogen and oxygen atoms in total. The predicted molar refractivity (Wildman–Crippen MR) is 74.7 cm³/mol. The first-order valence-corrected chi connectivity index (χ1v) is 6.34. The number of fused-ring (bicyclic) bond motifs is 1. The van der Waals surface area contributed by atoms with E-state index < -0.39 is 5.91 Å². The molecule has 0 aliphatic rings. The van der Waals surface area contributed by atoms with Gasteiger partial charge in [0.05, 0.1) is 11.4 Å². The highest BCUT2D eigenvalue weighted by atomic mass is 16.3. The first-order valence-electron chi connectivity index (χ1n) is 6.34. The van der Waals surface area contributed by atoms with Gasteiger partial charge in [0.1, 0.15) is 17.7 Å². The summed E-state index contributed by atoms with van der Waals surface area (Å²) in [7, 11) is 0. The van der Waals surface area contributed by atoms with Gasteiger partial charge >= 0.3 is 0 Å². The fraction of sp³-hybridized carbons (Fsp3) is 0.143. The number of benzene rings is 1. The van der Waals surface area contributed by atoms with Crippen molar-refractivity contribution in [1.82, 2.24) is 20.5 Å². The van der Waals surface area contributed by atoms with Crippen molar-refractivity contribution in [3.63, 3.8) is 0 Å². The van der Waals surface area contributed by atoms with Crippen molar-refractivity contribution < 1.29 is 9.21 Å². The molecule has 0 spiro atoms. The molecule has 1 aromatic carbocycles. The predicted octanol–water partition coefficient (Wildman–Crippen LogP) is 1.40. The smallest absolute Gasteiger partial charge is 0.287 e. The molecule has 0 saturated carbocycles. The van der Waals surface area contributed by atoms with E-state index in [-0.39, 0.29) is 17.2 Å². The number of amides is 1. The van der Waals surface area contributed by atoms with E-state index in [9.17, 15) is 9.59 Å². The molecule has 7 heteroatoms. The monoisotopic (exact) mass is 284 g/mol. The highest BCUT2D eigenvalue weighted by Crippen LogP contribution is 2.13. The van der Waals surface area contributed by atoms with E-state index in [4.69, 9.17) is 4.42 Å². The fourth-order valence-corrected chi connectivity index (χ4v) is 1.98. The number of nitrogens with one attached hydrogen (secondary N) is 2. The van der Waals surface area contributed by atoms with E-state index in [1.807, 2.05) is 0 Å². The molecule has 1 atom stereocenters. The second kappa shape index (κ2) is 5.20. The minimum absolute atomic E-state index is 0.0370. The van der Waals surface area contributed by atoms with Gasteiger partial charge in [0, 0.05) is 6.07 Å². The lowest BCUT2D eigenvalue weighted by Gasteiger charge is -2.10. The Morgan fingerprint density at radius 2 is 2.19 bits per heavy atom. The molecule has 0 bridgehead atoms. The first kappa shape index (κ1) is 13.0. The number of H-pyrrole nitrogens is 1. The number of carbonyl (C=O) groups excluding carboxylic acids is 1. The molecule has 0 radical (unpaired) electrons. The molecule has 3 aromatic rings. The van der Waals surface area contributed by atoms with Crippen molar-refractivity contribution in [2.75, 3.05) is 0 Å². The second-order valence-corrected chi connectivity index (χ2v) is 4.54. The summed E-state index contributed by atoms with van der Waals surface area (Å²) in [4.78, 5) is 28.0. The lowest BCUT2D eigenvalue weighted by atomic mass is 10.2. The van der Waals surface area contributed by atoms with E-state index >= 15 is 0 Å². The molecule has 2 N–H and O–H groups in total. The van der Waals surface area contributed by atoms with Gasteiger partial charge in [-0.15, -0.1) is 0 Å². The number of rotatable bonds is 3. The zero-order valence-corrected chi connectivity index (χ0v) is 11.2. The minimum Gasteiger partial charge on any atom is -0.451 e. The number of hydrogen-bond donors (Lipinski definition) is 2. The van der Waals surface area contributed by atoms with Crippen LogP contribution in [0.25, 0.3) is 11.0 Å². The van der Waals surface area contributed by atoms with Gasteiger partial charge in [0.25, 0.3) is 5.91 Å². The number of aromatic nitrogens is 3. The van der Waals surface area contributed by atoms with Crippen LogP contribution in [0, 0.1) is 0 Å². The number of carbonyl (C=O) groups is 1. The minimum atomic E-state index is -0.484. The molecule has 1 unspecified atom stereocenters. The summed E-state index contributed by atoms with van der Waals surface area (Å²) < 4.78 is 5.46. The number of aromatic amines is 1. The SMILES string of the molecule is CC(NC(=O)c1cc(=O)c2ccccc2o1)c1ncn[nH]1. The third-order valence-electron chi connectivity index (χ3n) is 3.05. The number of para-hydroxylation sites is 1. The van der Waals surface area contributed by atoms with Gasteiger partial charge in [-0.2, -0.15) is 5.10 Å². The summed E-state index contributed by atoms with van der Waals surface area (Å²) in [5, 5.41) is 9.51. The van der Waals surface area contributed by atoms with Gasteiger partial charge < -0.3 is 9.73 Å². The van der Waals surface area contributed by atoms with E-state index in [0.29, 0.717) is 16.8 Å². The Morgan fingerprint density at radius 3 is 2.95 bits per heavy atom. The van der Waals surface area contributed by atoms with Crippen LogP contribution < -0.4 is 10.7 Å². The van der Waals surface area contributed by atoms with Crippen LogP contribution in [0.15, 0.2) is 45.9 Å². The molecule has 106 valence electrons. The van der Waals surface area contributed by atoms with E-state index in [1.165, 1.54) is 12.4 Å². The maximum atomic E-state index is 12.1. The van der Waals surface area contributed by atoms with Gasteiger partial charge in [-0.25, -0.2) is 4.98 Å². The Kier molecular flexibility index (Phi) is 3.23. The van der Waals surface area contributed by atoms with Gasteiger partial charge in [-0.3, -0.25) is 14.7 Å². The van der Waals surface area contributed by atoms with Crippen LogP contribution in [-0.2, 0) is 0 Å². The summed E-state index contributed by atoms with van der Waals surface area (Å²) in [6, 6.07) is 7.59. The van der Waals surface area contributed by atoms with Gasteiger partial charge in [-0.1, -0.05) is 12.1 Å². The summed E-state index contributed by atoms with van der Waals surface area (Å²) in [6.45, 7) is 1.75. The Bertz CT molecular complexity index is 839. The molecular weight excluding hydrogens is 272 g/mol. The van der Waals surface area contributed by atoms with Crippen molar-refractivity contribution >= 4 is 16.9 Å². The Balaban J connectivity index is 1.90. The van der Waals surface area contributed by atoms with Gasteiger partial charge in [0.15, 0.2) is 11.2 Å². The van der Waals surface area contributed by atoms with Crippen molar-refractivity contribution in [1.29, 1.82) is 0 Å². The zero-order valence-electron chi connectivity index (χ0n) is 11.2. The van der Waals surface area contributed by atoms with E-state index in [0.717, 1.165) is 0 Å². The summed E-state index contributed by atoms with van der Waals surface area (Å²) in [5.74, 6) is -0.00157. The summed E-state index contributed by atoms with van der Waals surface area (Å²) >= 11 is 0. The largest absolute Gasteiger partial charge is 0.451 e. The number of nitrogens with zero attached hydrogens (tertiary/aromatic N) is 2. The highest BCUT2D eigenvalue weighted by Gasteiger charge is 2.16.